The van der Waals surface area contributed by atoms with Crippen LogP contribution in [0.1, 0.15) is 52.0 Å². The standard InChI is InChI=1S/C23H31FN4O4/c1-23(2,3)19(28-20(30)15-6-7-15)22(32)27-18(11-10-17(29)12-25)21(31)26-13-14-4-8-16(24)9-5-14/h4-5,8-9,12,15,18-19,25H,6-7,10-11,13H2,1-3H3,(H,26,31)(H,27,32)(H,28,30)/t18-,19+/m0/s1. The highest BCUT2D eigenvalue weighted by molar-refractivity contribution is 6.26. The summed E-state index contributed by atoms with van der Waals surface area (Å²) >= 11 is 0. The van der Waals surface area contributed by atoms with E-state index in [0.717, 1.165) is 12.8 Å². The van der Waals surface area contributed by atoms with Crippen molar-refractivity contribution in [2.24, 2.45) is 11.3 Å². The van der Waals surface area contributed by atoms with Crippen molar-refractivity contribution in [3.63, 3.8) is 0 Å². The summed E-state index contributed by atoms with van der Waals surface area (Å²) in [6.45, 7) is 5.55. The van der Waals surface area contributed by atoms with Gasteiger partial charge in [0.2, 0.25) is 17.7 Å². The summed E-state index contributed by atoms with van der Waals surface area (Å²) in [5, 5.41) is 15.2. The van der Waals surface area contributed by atoms with Gasteiger partial charge in [-0.05, 0) is 42.4 Å². The van der Waals surface area contributed by atoms with Gasteiger partial charge < -0.3 is 21.4 Å². The fraction of sp³-hybridized carbons (Fsp3) is 0.522. The van der Waals surface area contributed by atoms with Gasteiger partial charge in [0.05, 0.1) is 6.21 Å². The van der Waals surface area contributed by atoms with Crippen molar-refractivity contribution in [2.45, 2.75) is 65.1 Å². The predicted molar refractivity (Wildman–Crippen MR) is 117 cm³/mol. The van der Waals surface area contributed by atoms with Gasteiger partial charge in [-0.3, -0.25) is 19.2 Å². The minimum atomic E-state index is -1.03. The molecule has 0 spiro atoms. The summed E-state index contributed by atoms with van der Waals surface area (Å²) in [6.07, 6.45) is 2.17. The van der Waals surface area contributed by atoms with Crippen LogP contribution in [0.5, 0.6) is 0 Å². The molecule has 0 bridgehead atoms. The van der Waals surface area contributed by atoms with Gasteiger partial charge >= 0.3 is 0 Å². The van der Waals surface area contributed by atoms with Crippen LogP contribution < -0.4 is 16.0 Å². The van der Waals surface area contributed by atoms with Crippen LogP contribution in [0.4, 0.5) is 4.39 Å². The molecule has 1 aliphatic rings. The van der Waals surface area contributed by atoms with Crippen molar-refractivity contribution >= 4 is 29.7 Å². The van der Waals surface area contributed by atoms with Gasteiger partial charge in [0, 0.05) is 18.9 Å². The largest absolute Gasteiger partial charge is 0.350 e. The van der Waals surface area contributed by atoms with E-state index in [0.29, 0.717) is 11.8 Å². The lowest BCUT2D eigenvalue weighted by molar-refractivity contribution is -0.134. The molecule has 1 aromatic carbocycles. The van der Waals surface area contributed by atoms with Crippen LogP contribution in [0, 0.1) is 22.6 Å². The molecule has 2 atom stereocenters. The van der Waals surface area contributed by atoms with Crippen molar-refractivity contribution in [3.05, 3.63) is 35.6 Å². The number of carbonyl (C=O) groups is 4. The van der Waals surface area contributed by atoms with E-state index in [9.17, 15) is 23.6 Å². The summed E-state index contributed by atoms with van der Waals surface area (Å²) in [7, 11) is 0. The van der Waals surface area contributed by atoms with Gasteiger partial charge in [-0.15, -0.1) is 0 Å². The molecule has 0 saturated heterocycles. The zero-order chi connectivity index (χ0) is 23.9. The van der Waals surface area contributed by atoms with Crippen LogP contribution in [0.15, 0.2) is 24.3 Å². The maximum Gasteiger partial charge on any atom is 0.243 e. The third-order valence-corrected chi connectivity index (χ3v) is 5.22. The molecule has 0 heterocycles. The summed E-state index contributed by atoms with van der Waals surface area (Å²) in [4.78, 5) is 49.6. The van der Waals surface area contributed by atoms with E-state index in [4.69, 9.17) is 5.41 Å². The highest BCUT2D eigenvalue weighted by atomic mass is 19.1. The van der Waals surface area contributed by atoms with E-state index < -0.39 is 40.9 Å². The number of amides is 3. The van der Waals surface area contributed by atoms with Crippen molar-refractivity contribution in [1.29, 1.82) is 5.41 Å². The Kier molecular flexibility index (Phi) is 8.63. The molecule has 4 N–H and O–H groups in total. The van der Waals surface area contributed by atoms with E-state index in [1.807, 2.05) is 20.8 Å². The average molecular weight is 447 g/mol. The van der Waals surface area contributed by atoms with E-state index in [1.54, 1.807) is 0 Å². The highest BCUT2D eigenvalue weighted by Gasteiger charge is 2.38. The first kappa shape index (κ1) is 25.2. The molecule has 32 heavy (non-hydrogen) atoms. The number of halogens is 1. The Balaban J connectivity index is 2.08. The smallest absolute Gasteiger partial charge is 0.243 e. The highest BCUT2D eigenvalue weighted by Crippen LogP contribution is 2.30. The van der Waals surface area contributed by atoms with Crippen molar-refractivity contribution < 1.29 is 23.6 Å². The molecule has 0 unspecified atom stereocenters. The number of Topliss-reactive ketones (excluding diaryl/α,β-unsaturated/α-hetero) is 1. The van der Waals surface area contributed by atoms with Gasteiger partial charge in [0.25, 0.3) is 0 Å². The molecule has 3 amide bonds. The maximum absolute atomic E-state index is 13.1. The first-order valence-electron chi connectivity index (χ1n) is 10.7. The molecule has 0 radical (unpaired) electrons. The zero-order valence-electron chi connectivity index (χ0n) is 18.7. The lowest BCUT2D eigenvalue weighted by Gasteiger charge is -2.32. The Bertz CT molecular complexity index is 860. The zero-order valence-corrected chi connectivity index (χ0v) is 18.7. The van der Waals surface area contributed by atoms with E-state index >= 15 is 0 Å². The number of rotatable bonds is 11. The number of hydrogen-bond donors (Lipinski definition) is 4. The summed E-state index contributed by atoms with van der Waals surface area (Å²) < 4.78 is 13.1. The molecule has 2 rings (SSSR count). The molecule has 8 nitrogen and oxygen atoms in total. The third-order valence-electron chi connectivity index (χ3n) is 5.22. The first-order chi connectivity index (χ1) is 15.0. The Morgan fingerprint density at radius 3 is 2.25 bits per heavy atom. The number of benzene rings is 1. The lowest BCUT2D eigenvalue weighted by Crippen LogP contribution is -2.58. The molecule has 1 aromatic rings. The molecule has 0 aliphatic heterocycles. The molecule has 1 aliphatic carbocycles. The second-order valence-electron chi connectivity index (χ2n) is 9.14. The predicted octanol–water partition coefficient (Wildman–Crippen LogP) is 1.87. The van der Waals surface area contributed by atoms with E-state index in [1.165, 1.54) is 24.3 Å². The quantitative estimate of drug-likeness (QED) is 0.387. The van der Waals surface area contributed by atoms with Gasteiger partial charge in [0.1, 0.15) is 17.9 Å². The third kappa shape index (κ3) is 7.86. The molecule has 1 saturated carbocycles. The molecule has 174 valence electrons. The fourth-order valence-corrected chi connectivity index (χ4v) is 3.08. The Morgan fingerprint density at radius 2 is 1.72 bits per heavy atom. The Labute approximate surface area is 187 Å². The topological polar surface area (TPSA) is 128 Å². The van der Waals surface area contributed by atoms with Crippen LogP contribution in [0.25, 0.3) is 0 Å². The average Bonchev–Trinajstić information content (AvgIpc) is 3.58. The minimum absolute atomic E-state index is 0.00262. The Hall–Kier alpha value is -3.10. The summed E-state index contributed by atoms with van der Waals surface area (Å²) in [6, 6.07) is 3.73. The second kappa shape index (κ2) is 11.0. The van der Waals surface area contributed by atoms with Crippen molar-refractivity contribution in [3.8, 4) is 0 Å². The molecule has 9 heteroatoms. The number of carbonyl (C=O) groups excluding carboxylic acids is 4. The summed E-state index contributed by atoms with van der Waals surface area (Å²) in [5.74, 6) is -2.15. The molecule has 1 fully saturated rings. The SMILES string of the molecule is CC(C)(C)[C@H](NC(=O)C1CC1)C(=O)N[C@@H](CCC(=O)C=N)C(=O)NCc1ccc(F)cc1. The molecule has 0 aromatic heterocycles. The fourth-order valence-electron chi connectivity index (χ4n) is 3.08. The summed E-state index contributed by atoms with van der Waals surface area (Å²) in [5.41, 5.74) is 0.0683. The van der Waals surface area contributed by atoms with Crippen molar-refractivity contribution in [2.75, 3.05) is 0 Å². The number of nitrogens with one attached hydrogen (secondary N) is 4. The monoisotopic (exact) mass is 446 g/mol. The van der Waals surface area contributed by atoms with E-state index in [-0.39, 0.29) is 31.2 Å². The van der Waals surface area contributed by atoms with Gasteiger partial charge in [-0.2, -0.15) is 0 Å². The normalized spacial score (nSPS) is 15.2. The first-order valence-corrected chi connectivity index (χ1v) is 10.7. The number of ketones is 1. The lowest BCUT2D eigenvalue weighted by atomic mass is 9.85. The van der Waals surface area contributed by atoms with Crippen LogP contribution in [-0.4, -0.2) is 41.8 Å². The molecular formula is C23H31FN4O4. The van der Waals surface area contributed by atoms with Crippen LogP contribution in [-0.2, 0) is 25.7 Å². The van der Waals surface area contributed by atoms with Crippen LogP contribution in [0.2, 0.25) is 0 Å². The van der Waals surface area contributed by atoms with Crippen LogP contribution in [0.3, 0.4) is 0 Å². The maximum atomic E-state index is 13.1. The van der Waals surface area contributed by atoms with Gasteiger partial charge in [-0.1, -0.05) is 32.9 Å². The molecular weight excluding hydrogens is 415 g/mol. The Morgan fingerprint density at radius 1 is 1.09 bits per heavy atom. The second-order valence-corrected chi connectivity index (χ2v) is 9.14. The number of hydrogen-bond acceptors (Lipinski definition) is 5. The van der Waals surface area contributed by atoms with Crippen molar-refractivity contribution in [1.82, 2.24) is 16.0 Å². The minimum Gasteiger partial charge on any atom is -0.350 e. The van der Waals surface area contributed by atoms with Gasteiger partial charge in [-0.25, -0.2) is 4.39 Å². The van der Waals surface area contributed by atoms with Crippen LogP contribution >= 0.6 is 0 Å². The van der Waals surface area contributed by atoms with Gasteiger partial charge in [0.15, 0.2) is 5.78 Å². The van der Waals surface area contributed by atoms with E-state index in [2.05, 4.69) is 16.0 Å².